The topological polar surface area (TPSA) is 33.1 Å². The van der Waals surface area contributed by atoms with Crippen LogP contribution in [0.2, 0.25) is 0 Å². The Morgan fingerprint density at radius 3 is 2.25 bits per heavy atom. The molecule has 0 aromatic carbocycles. The van der Waals surface area contributed by atoms with Crippen LogP contribution in [0.5, 0.6) is 0 Å². The third-order valence-electron chi connectivity index (χ3n) is 1.80. The molecule has 0 unspecified atom stereocenters. The molecule has 0 radical (unpaired) electrons. The first-order chi connectivity index (χ1) is 7.29. The molecule has 0 amide bonds. The van der Waals surface area contributed by atoms with Gasteiger partial charge in [0.05, 0.1) is 12.2 Å². The van der Waals surface area contributed by atoms with E-state index in [9.17, 15) is 26.3 Å². The first-order valence-electron chi connectivity index (χ1n) is 3.92. The van der Waals surface area contributed by atoms with Crippen molar-refractivity contribution in [3.63, 3.8) is 0 Å². The minimum absolute atomic E-state index is 0.382. The van der Waals surface area contributed by atoms with Crippen LogP contribution in [0.15, 0.2) is 6.20 Å². The molecule has 0 aliphatic rings. The quantitative estimate of drug-likeness (QED) is 0.812. The van der Waals surface area contributed by atoms with Gasteiger partial charge in [0.15, 0.2) is 11.5 Å². The van der Waals surface area contributed by atoms with E-state index >= 15 is 0 Å². The lowest BCUT2D eigenvalue weighted by Gasteiger charge is -2.12. The average molecular weight is 245 g/mol. The fourth-order valence-corrected chi connectivity index (χ4v) is 1.10. The maximum Gasteiger partial charge on any atom is 0.436 e. The van der Waals surface area contributed by atoms with Crippen molar-refractivity contribution in [1.29, 1.82) is 0 Å². The number of aromatic nitrogens is 1. The molecule has 0 fully saturated rings. The summed E-state index contributed by atoms with van der Waals surface area (Å²) in [7, 11) is 0. The Labute approximate surface area is 85.5 Å². The fourth-order valence-electron chi connectivity index (χ4n) is 1.10. The molecule has 1 N–H and O–H groups in total. The molecule has 1 heterocycles. The van der Waals surface area contributed by atoms with Crippen molar-refractivity contribution in [2.24, 2.45) is 0 Å². The van der Waals surface area contributed by atoms with E-state index in [-0.39, 0.29) is 0 Å². The highest BCUT2D eigenvalue weighted by Crippen LogP contribution is 2.35. The van der Waals surface area contributed by atoms with E-state index in [1.165, 1.54) is 0 Å². The highest BCUT2D eigenvalue weighted by atomic mass is 19.4. The summed E-state index contributed by atoms with van der Waals surface area (Å²) in [5.41, 5.74) is -4.15. The van der Waals surface area contributed by atoms with Crippen LogP contribution in [-0.4, -0.2) is 10.1 Å². The van der Waals surface area contributed by atoms with Crippen LogP contribution >= 0.6 is 0 Å². The summed E-state index contributed by atoms with van der Waals surface area (Å²) in [5.74, 6) is -2.14. The van der Waals surface area contributed by atoms with Gasteiger partial charge in [0, 0.05) is 11.8 Å². The Bertz CT molecular complexity index is 389. The van der Waals surface area contributed by atoms with Crippen molar-refractivity contribution in [3.05, 3.63) is 28.8 Å². The number of halogens is 6. The standard InChI is InChI=1S/C8H5F6NO/c9-5-4(7(10)11)3(2-16)1-15-6(5)8(12,13)14/h1,7,16H,2H2. The molecular weight excluding hydrogens is 240 g/mol. The van der Waals surface area contributed by atoms with Crippen LogP contribution in [0.25, 0.3) is 0 Å². The molecule has 0 spiro atoms. The Balaban J connectivity index is 3.44. The van der Waals surface area contributed by atoms with Crippen molar-refractivity contribution in [2.75, 3.05) is 0 Å². The lowest BCUT2D eigenvalue weighted by atomic mass is 10.1. The van der Waals surface area contributed by atoms with E-state index in [1.807, 2.05) is 0 Å². The number of nitrogens with zero attached hydrogens (tertiary/aromatic N) is 1. The van der Waals surface area contributed by atoms with E-state index < -0.39 is 41.8 Å². The molecule has 90 valence electrons. The SMILES string of the molecule is OCc1cnc(C(F)(F)F)c(F)c1C(F)F. The summed E-state index contributed by atoms with van der Waals surface area (Å²) in [6.45, 7) is -1.01. The fraction of sp³-hybridized carbons (Fsp3) is 0.375. The highest BCUT2D eigenvalue weighted by molar-refractivity contribution is 5.30. The number of aliphatic hydroxyl groups is 1. The van der Waals surface area contributed by atoms with Gasteiger partial charge in [-0.05, 0) is 0 Å². The maximum absolute atomic E-state index is 13.1. The van der Waals surface area contributed by atoms with E-state index in [1.54, 1.807) is 0 Å². The number of hydrogen-bond acceptors (Lipinski definition) is 2. The van der Waals surface area contributed by atoms with Gasteiger partial charge in [-0.25, -0.2) is 18.2 Å². The first kappa shape index (κ1) is 12.8. The number of aliphatic hydroxyl groups excluding tert-OH is 1. The molecule has 16 heavy (non-hydrogen) atoms. The summed E-state index contributed by atoms with van der Waals surface area (Å²) in [5, 5.41) is 8.56. The van der Waals surface area contributed by atoms with Crippen molar-refractivity contribution in [3.8, 4) is 0 Å². The van der Waals surface area contributed by atoms with E-state index in [0.29, 0.717) is 6.20 Å². The predicted molar refractivity (Wildman–Crippen MR) is 40.1 cm³/mol. The first-order valence-corrected chi connectivity index (χ1v) is 3.92. The van der Waals surface area contributed by atoms with E-state index in [4.69, 9.17) is 5.11 Å². The zero-order valence-corrected chi connectivity index (χ0v) is 7.52. The molecule has 0 atom stereocenters. The zero-order valence-electron chi connectivity index (χ0n) is 7.52. The maximum atomic E-state index is 13.1. The Morgan fingerprint density at radius 2 is 1.88 bits per heavy atom. The summed E-state index contributed by atoms with van der Waals surface area (Å²) in [4.78, 5) is 2.67. The van der Waals surface area contributed by atoms with Crippen LogP contribution in [0.1, 0.15) is 23.2 Å². The Kier molecular flexibility index (Phi) is 3.41. The van der Waals surface area contributed by atoms with Crippen LogP contribution < -0.4 is 0 Å². The van der Waals surface area contributed by atoms with E-state index in [2.05, 4.69) is 4.98 Å². The van der Waals surface area contributed by atoms with Crippen molar-refractivity contribution in [2.45, 2.75) is 19.2 Å². The van der Waals surface area contributed by atoms with Gasteiger partial charge in [-0.2, -0.15) is 13.2 Å². The summed E-state index contributed by atoms with van der Waals surface area (Å²) < 4.78 is 74.0. The second-order valence-corrected chi connectivity index (χ2v) is 2.82. The van der Waals surface area contributed by atoms with Crippen molar-refractivity contribution >= 4 is 0 Å². The van der Waals surface area contributed by atoms with E-state index in [0.717, 1.165) is 0 Å². The summed E-state index contributed by atoms with van der Waals surface area (Å²) in [6, 6.07) is 0. The molecule has 1 aromatic rings. The molecule has 0 aliphatic heterocycles. The average Bonchev–Trinajstić information content (AvgIpc) is 2.14. The molecule has 8 heteroatoms. The molecule has 2 nitrogen and oxygen atoms in total. The van der Waals surface area contributed by atoms with Gasteiger partial charge in [-0.1, -0.05) is 0 Å². The van der Waals surface area contributed by atoms with Crippen LogP contribution in [0, 0.1) is 5.82 Å². The van der Waals surface area contributed by atoms with Crippen molar-refractivity contribution in [1.82, 2.24) is 4.98 Å². The molecule has 0 aliphatic carbocycles. The summed E-state index contributed by atoms with van der Waals surface area (Å²) >= 11 is 0. The second kappa shape index (κ2) is 4.28. The normalized spacial score (nSPS) is 12.2. The number of rotatable bonds is 2. The second-order valence-electron chi connectivity index (χ2n) is 2.82. The van der Waals surface area contributed by atoms with Crippen LogP contribution in [0.3, 0.4) is 0 Å². The lowest BCUT2D eigenvalue weighted by Crippen LogP contribution is -2.15. The molecule has 0 bridgehead atoms. The Hall–Kier alpha value is -1.31. The zero-order chi connectivity index (χ0) is 12.5. The van der Waals surface area contributed by atoms with Crippen molar-refractivity contribution < 1.29 is 31.4 Å². The minimum Gasteiger partial charge on any atom is -0.392 e. The van der Waals surface area contributed by atoms with Gasteiger partial charge in [0.25, 0.3) is 6.43 Å². The van der Waals surface area contributed by atoms with Crippen LogP contribution in [-0.2, 0) is 12.8 Å². The minimum atomic E-state index is -5.15. The number of hydrogen-bond donors (Lipinski definition) is 1. The third-order valence-corrected chi connectivity index (χ3v) is 1.80. The van der Waals surface area contributed by atoms with Gasteiger partial charge in [0.1, 0.15) is 0 Å². The van der Waals surface area contributed by atoms with Gasteiger partial charge < -0.3 is 5.11 Å². The lowest BCUT2D eigenvalue weighted by molar-refractivity contribution is -0.144. The molecular formula is C8H5F6NO. The number of pyridine rings is 1. The Morgan fingerprint density at radius 1 is 1.31 bits per heavy atom. The number of alkyl halides is 5. The highest BCUT2D eigenvalue weighted by Gasteiger charge is 2.38. The summed E-state index contributed by atoms with van der Waals surface area (Å²) in [6.07, 6.45) is -8.22. The molecule has 1 aromatic heterocycles. The third kappa shape index (κ3) is 2.26. The van der Waals surface area contributed by atoms with Crippen LogP contribution in [0.4, 0.5) is 26.3 Å². The molecule has 0 saturated carbocycles. The van der Waals surface area contributed by atoms with Gasteiger partial charge in [0.2, 0.25) is 0 Å². The predicted octanol–water partition coefficient (Wildman–Crippen LogP) is 2.67. The smallest absolute Gasteiger partial charge is 0.392 e. The van der Waals surface area contributed by atoms with Gasteiger partial charge >= 0.3 is 6.18 Å². The monoisotopic (exact) mass is 245 g/mol. The van der Waals surface area contributed by atoms with Gasteiger partial charge in [-0.15, -0.1) is 0 Å². The molecule has 1 rings (SSSR count). The van der Waals surface area contributed by atoms with Gasteiger partial charge in [-0.3, -0.25) is 0 Å². The largest absolute Gasteiger partial charge is 0.436 e. The molecule has 0 saturated heterocycles.